The number of aromatic nitrogens is 1. The van der Waals surface area contributed by atoms with E-state index in [2.05, 4.69) is 10.3 Å². The van der Waals surface area contributed by atoms with Gasteiger partial charge in [-0.15, -0.1) is 0 Å². The second-order valence-electron chi connectivity index (χ2n) is 6.33. The highest BCUT2D eigenvalue weighted by atomic mass is 16.6. The predicted molar refractivity (Wildman–Crippen MR) is 111 cm³/mol. The van der Waals surface area contributed by atoms with Crippen LogP contribution in [-0.4, -0.2) is 47.0 Å². The monoisotopic (exact) mass is 445 g/mol. The van der Waals surface area contributed by atoms with Gasteiger partial charge in [0, 0.05) is 18.7 Å². The number of nitro benzene ring substituents is 1. The van der Waals surface area contributed by atoms with Crippen LogP contribution in [0.4, 0.5) is 5.69 Å². The molecule has 1 amide bonds. The van der Waals surface area contributed by atoms with Crippen molar-refractivity contribution in [2.75, 3.05) is 13.2 Å². The molecular formula is C21H23N3O8. The minimum atomic E-state index is -1.11. The van der Waals surface area contributed by atoms with E-state index in [9.17, 15) is 24.5 Å². The smallest absolute Gasteiger partial charge is 0.328 e. The third-order valence-corrected chi connectivity index (χ3v) is 4.06. The number of ether oxygens (including phenoxy) is 3. The van der Waals surface area contributed by atoms with Crippen LogP contribution in [0.3, 0.4) is 0 Å². The van der Waals surface area contributed by atoms with Crippen molar-refractivity contribution < 1.29 is 33.5 Å². The van der Waals surface area contributed by atoms with E-state index in [1.165, 1.54) is 42.6 Å². The molecule has 32 heavy (non-hydrogen) atoms. The van der Waals surface area contributed by atoms with Crippen LogP contribution in [0.15, 0.2) is 42.6 Å². The fourth-order valence-electron chi connectivity index (χ4n) is 2.64. The van der Waals surface area contributed by atoms with Gasteiger partial charge in [-0.1, -0.05) is 6.07 Å². The molecule has 11 heteroatoms. The van der Waals surface area contributed by atoms with Crippen LogP contribution in [0, 0.1) is 10.1 Å². The lowest BCUT2D eigenvalue weighted by Gasteiger charge is -2.17. The number of pyridine rings is 1. The molecule has 11 nitrogen and oxygen atoms in total. The van der Waals surface area contributed by atoms with E-state index in [0.29, 0.717) is 0 Å². The Bertz CT molecular complexity index is 979. The Kier molecular flexibility index (Phi) is 9.08. The molecule has 2 aromatic rings. The fraction of sp³-hybridized carbons (Fsp3) is 0.333. The maximum atomic E-state index is 12.8. The first kappa shape index (κ1) is 24.3. The van der Waals surface area contributed by atoms with Crippen molar-refractivity contribution in [3.63, 3.8) is 0 Å². The highest BCUT2D eigenvalue weighted by molar-refractivity contribution is 5.97. The van der Waals surface area contributed by atoms with Crippen molar-refractivity contribution in [3.8, 4) is 11.5 Å². The number of rotatable bonds is 11. The summed E-state index contributed by atoms with van der Waals surface area (Å²) in [6.07, 6.45) is 1.22. The normalized spacial score (nSPS) is 11.2. The summed E-state index contributed by atoms with van der Waals surface area (Å²) in [5.41, 5.74) is -0.330. The van der Waals surface area contributed by atoms with Crippen molar-refractivity contribution in [2.24, 2.45) is 0 Å². The molecule has 0 saturated heterocycles. The molecule has 0 aliphatic heterocycles. The number of carbonyl (C=O) groups is 3. The quantitative estimate of drug-likeness (QED) is 0.313. The summed E-state index contributed by atoms with van der Waals surface area (Å²) in [4.78, 5) is 51.1. The maximum absolute atomic E-state index is 12.8. The first-order valence-corrected chi connectivity index (χ1v) is 9.86. The summed E-state index contributed by atoms with van der Waals surface area (Å²) < 4.78 is 15.4. The SMILES string of the molecule is CCOC(=O)CC[C@H](NC(=O)c1ncccc1Oc1cccc([N+](=O)[O-])c1)C(=O)OCC. The number of amides is 1. The van der Waals surface area contributed by atoms with Crippen LogP contribution in [0.2, 0.25) is 0 Å². The number of esters is 2. The van der Waals surface area contributed by atoms with Crippen molar-refractivity contribution in [1.82, 2.24) is 10.3 Å². The average molecular weight is 445 g/mol. The van der Waals surface area contributed by atoms with Crippen LogP contribution < -0.4 is 10.1 Å². The van der Waals surface area contributed by atoms with Crippen LogP contribution in [0.5, 0.6) is 11.5 Å². The summed E-state index contributed by atoms with van der Waals surface area (Å²) in [5.74, 6) is -1.80. The third-order valence-electron chi connectivity index (χ3n) is 4.06. The lowest BCUT2D eigenvalue weighted by atomic mass is 10.1. The number of non-ortho nitro benzene ring substituents is 1. The lowest BCUT2D eigenvalue weighted by molar-refractivity contribution is -0.384. The zero-order chi connectivity index (χ0) is 23.5. The first-order valence-electron chi connectivity index (χ1n) is 9.86. The van der Waals surface area contributed by atoms with Gasteiger partial charge in [-0.05, 0) is 38.5 Å². The van der Waals surface area contributed by atoms with Crippen LogP contribution in [-0.2, 0) is 19.1 Å². The minimum Gasteiger partial charge on any atom is -0.466 e. The van der Waals surface area contributed by atoms with Gasteiger partial charge in [-0.2, -0.15) is 0 Å². The van der Waals surface area contributed by atoms with Gasteiger partial charge in [0.05, 0.1) is 24.2 Å². The summed E-state index contributed by atoms with van der Waals surface area (Å²) in [6, 6.07) is 7.30. The Balaban J connectivity index is 2.19. The van der Waals surface area contributed by atoms with Crippen LogP contribution >= 0.6 is 0 Å². The van der Waals surface area contributed by atoms with Gasteiger partial charge in [0.15, 0.2) is 11.4 Å². The molecule has 0 fully saturated rings. The topological polar surface area (TPSA) is 147 Å². The van der Waals surface area contributed by atoms with E-state index in [1.54, 1.807) is 13.8 Å². The molecule has 0 aliphatic rings. The van der Waals surface area contributed by atoms with Gasteiger partial charge in [-0.25, -0.2) is 9.78 Å². The Hall–Kier alpha value is -4.02. The summed E-state index contributed by atoms with van der Waals surface area (Å²) >= 11 is 0. The predicted octanol–water partition coefficient (Wildman–Crippen LogP) is 2.79. The number of nitro groups is 1. The second-order valence-corrected chi connectivity index (χ2v) is 6.33. The standard InChI is InChI=1S/C21H23N3O8/c1-3-30-18(25)11-10-16(21(27)31-4-2)23-20(26)19-17(9-6-12-22-19)32-15-8-5-7-14(13-15)24(28)29/h5-9,12-13,16H,3-4,10-11H2,1-2H3,(H,23,26)/t16-/m0/s1. The van der Waals surface area contributed by atoms with Gasteiger partial charge in [0.25, 0.3) is 11.6 Å². The summed E-state index contributed by atoms with van der Waals surface area (Å²) in [5, 5.41) is 13.5. The number of carbonyl (C=O) groups excluding carboxylic acids is 3. The molecule has 0 saturated carbocycles. The molecule has 1 N–H and O–H groups in total. The third kappa shape index (κ3) is 7.04. The maximum Gasteiger partial charge on any atom is 0.328 e. The largest absolute Gasteiger partial charge is 0.466 e. The molecule has 1 heterocycles. The van der Waals surface area contributed by atoms with E-state index in [-0.39, 0.29) is 48.9 Å². The van der Waals surface area contributed by atoms with Gasteiger partial charge in [0.2, 0.25) is 0 Å². The van der Waals surface area contributed by atoms with Crippen molar-refractivity contribution >= 4 is 23.5 Å². The molecule has 0 radical (unpaired) electrons. The molecule has 1 atom stereocenters. The van der Waals surface area contributed by atoms with Crippen LogP contribution in [0.1, 0.15) is 37.2 Å². The first-order chi connectivity index (χ1) is 15.3. The Labute approximate surface area is 183 Å². The number of nitrogens with zero attached hydrogens (tertiary/aromatic N) is 2. The van der Waals surface area contributed by atoms with E-state index in [1.807, 2.05) is 0 Å². The van der Waals surface area contributed by atoms with E-state index in [4.69, 9.17) is 14.2 Å². The molecule has 0 spiro atoms. The lowest BCUT2D eigenvalue weighted by Crippen LogP contribution is -2.42. The fourth-order valence-corrected chi connectivity index (χ4v) is 2.64. The Morgan fingerprint density at radius 1 is 1.12 bits per heavy atom. The molecule has 0 aliphatic carbocycles. The molecule has 170 valence electrons. The minimum absolute atomic E-state index is 0.0264. The van der Waals surface area contributed by atoms with Gasteiger partial charge < -0.3 is 19.5 Å². The molecule has 1 aromatic heterocycles. The summed E-state index contributed by atoms with van der Waals surface area (Å²) in [7, 11) is 0. The van der Waals surface area contributed by atoms with E-state index >= 15 is 0 Å². The van der Waals surface area contributed by atoms with Crippen molar-refractivity contribution in [2.45, 2.75) is 32.7 Å². The zero-order valence-corrected chi connectivity index (χ0v) is 17.6. The second kappa shape index (κ2) is 12.0. The summed E-state index contributed by atoms with van der Waals surface area (Å²) in [6.45, 7) is 3.56. The van der Waals surface area contributed by atoms with Crippen molar-refractivity contribution in [3.05, 3.63) is 58.4 Å². The molecule has 2 rings (SSSR count). The molecule has 1 aromatic carbocycles. The van der Waals surface area contributed by atoms with E-state index < -0.39 is 28.8 Å². The Morgan fingerprint density at radius 3 is 2.56 bits per heavy atom. The average Bonchev–Trinajstić information content (AvgIpc) is 2.77. The van der Waals surface area contributed by atoms with Gasteiger partial charge in [0.1, 0.15) is 11.8 Å². The van der Waals surface area contributed by atoms with Gasteiger partial charge >= 0.3 is 11.9 Å². The van der Waals surface area contributed by atoms with Crippen LogP contribution in [0.25, 0.3) is 0 Å². The Morgan fingerprint density at radius 2 is 1.88 bits per heavy atom. The number of nitrogens with one attached hydrogen (secondary N) is 1. The van der Waals surface area contributed by atoms with Gasteiger partial charge in [-0.3, -0.25) is 19.7 Å². The molecule has 0 bridgehead atoms. The number of benzene rings is 1. The zero-order valence-electron chi connectivity index (χ0n) is 17.6. The van der Waals surface area contributed by atoms with E-state index in [0.717, 1.165) is 0 Å². The highest BCUT2D eigenvalue weighted by Crippen LogP contribution is 2.27. The van der Waals surface area contributed by atoms with Crippen molar-refractivity contribution in [1.29, 1.82) is 0 Å². The molecular weight excluding hydrogens is 422 g/mol. The number of hydrogen-bond acceptors (Lipinski definition) is 9. The molecule has 0 unspecified atom stereocenters. The highest BCUT2D eigenvalue weighted by Gasteiger charge is 2.26. The number of hydrogen-bond donors (Lipinski definition) is 1.